The Hall–Kier alpha value is -2.97. The smallest absolute Gasteiger partial charge is 0.123 e. The van der Waals surface area contributed by atoms with E-state index in [1.165, 1.54) is 24.3 Å². The van der Waals surface area contributed by atoms with Gasteiger partial charge in [-0.3, -0.25) is 4.90 Å². The molecule has 0 aliphatic heterocycles. The fourth-order valence-corrected chi connectivity index (χ4v) is 3.38. The van der Waals surface area contributed by atoms with Crippen LogP contribution in [0.5, 0.6) is 11.5 Å². The highest BCUT2D eigenvalue weighted by Crippen LogP contribution is 2.16. The highest BCUT2D eigenvalue weighted by Gasteiger charge is 2.21. The third kappa shape index (κ3) is 8.82. The number of rotatable bonds is 13. The van der Waals surface area contributed by atoms with Crippen molar-refractivity contribution in [1.29, 1.82) is 0 Å². The molecule has 0 fully saturated rings. The number of hydrogen-bond donors (Lipinski definition) is 3. The molecule has 0 aromatic heterocycles. The maximum absolute atomic E-state index is 13.2. The molecule has 176 valence electrons. The van der Waals surface area contributed by atoms with E-state index in [0.717, 1.165) is 0 Å². The average Bonchev–Trinajstić information content (AvgIpc) is 2.83. The fraction of sp³-hybridized carbons (Fsp3) is 0.308. The SMILES string of the molecule is OC(COc1ccccc1)CN(CC(O)COc1ccccc1)CC(O)c1ccc(F)cc1. The molecule has 33 heavy (non-hydrogen) atoms. The molecule has 3 aromatic rings. The summed E-state index contributed by atoms with van der Waals surface area (Å²) in [4.78, 5) is 1.74. The van der Waals surface area contributed by atoms with Crippen LogP contribution in [0.2, 0.25) is 0 Å². The summed E-state index contributed by atoms with van der Waals surface area (Å²) in [6.07, 6.45) is -2.63. The molecule has 0 aliphatic carbocycles. The molecule has 3 aromatic carbocycles. The zero-order valence-corrected chi connectivity index (χ0v) is 18.3. The second-order valence-corrected chi connectivity index (χ2v) is 7.84. The average molecular weight is 456 g/mol. The lowest BCUT2D eigenvalue weighted by Crippen LogP contribution is -2.43. The normalized spacial score (nSPS) is 14.0. The maximum atomic E-state index is 13.2. The lowest BCUT2D eigenvalue weighted by atomic mass is 10.1. The molecule has 3 unspecified atom stereocenters. The Labute approximate surface area is 193 Å². The molecule has 0 aliphatic rings. The maximum Gasteiger partial charge on any atom is 0.123 e. The Morgan fingerprint density at radius 2 is 1.09 bits per heavy atom. The molecule has 0 saturated carbocycles. The van der Waals surface area contributed by atoms with E-state index in [1.807, 2.05) is 36.4 Å². The summed E-state index contributed by atoms with van der Waals surface area (Å²) in [5, 5.41) is 31.7. The van der Waals surface area contributed by atoms with E-state index in [9.17, 15) is 19.7 Å². The van der Waals surface area contributed by atoms with Gasteiger partial charge in [0.2, 0.25) is 0 Å². The van der Waals surface area contributed by atoms with Gasteiger partial charge in [0.25, 0.3) is 0 Å². The van der Waals surface area contributed by atoms with Crippen LogP contribution in [-0.4, -0.2) is 65.3 Å². The molecular weight excluding hydrogens is 425 g/mol. The van der Waals surface area contributed by atoms with Crippen molar-refractivity contribution in [2.75, 3.05) is 32.8 Å². The van der Waals surface area contributed by atoms with Crippen LogP contribution in [0.1, 0.15) is 11.7 Å². The van der Waals surface area contributed by atoms with Crippen molar-refractivity contribution in [2.24, 2.45) is 0 Å². The zero-order valence-electron chi connectivity index (χ0n) is 18.3. The van der Waals surface area contributed by atoms with E-state index in [-0.39, 0.29) is 38.7 Å². The van der Waals surface area contributed by atoms with E-state index >= 15 is 0 Å². The third-order valence-electron chi connectivity index (χ3n) is 4.99. The first-order chi connectivity index (χ1) is 16.0. The van der Waals surface area contributed by atoms with E-state index in [0.29, 0.717) is 17.1 Å². The molecule has 0 spiro atoms. The van der Waals surface area contributed by atoms with Crippen LogP contribution < -0.4 is 9.47 Å². The van der Waals surface area contributed by atoms with Crippen LogP contribution in [0.15, 0.2) is 84.9 Å². The van der Waals surface area contributed by atoms with Gasteiger partial charge in [0, 0.05) is 19.6 Å². The Balaban J connectivity index is 1.58. The minimum atomic E-state index is -0.921. The molecule has 7 heteroatoms. The predicted molar refractivity (Wildman–Crippen MR) is 124 cm³/mol. The largest absolute Gasteiger partial charge is 0.491 e. The minimum Gasteiger partial charge on any atom is -0.491 e. The van der Waals surface area contributed by atoms with Gasteiger partial charge in [0.15, 0.2) is 0 Å². The standard InChI is InChI=1S/C26H30FNO5/c27-21-13-11-20(12-14-21)26(31)17-28(15-22(29)18-32-24-7-3-1-4-8-24)16-23(30)19-33-25-9-5-2-6-10-25/h1-14,22-23,26,29-31H,15-19H2. The first-order valence-electron chi connectivity index (χ1n) is 10.9. The van der Waals surface area contributed by atoms with Crippen molar-refractivity contribution in [3.8, 4) is 11.5 Å². The Morgan fingerprint density at radius 1 is 0.636 bits per heavy atom. The van der Waals surface area contributed by atoms with Crippen LogP contribution in [-0.2, 0) is 0 Å². The number of hydrogen-bond acceptors (Lipinski definition) is 6. The molecule has 0 radical (unpaired) electrons. The molecule has 3 rings (SSSR count). The molecule has 0 amide bonds. The van der Waals surface area contributed by atoms with Crippen molar-refractivity contribution >= 4 is 0 Å². The summed E-state index contributed by atoms with van der Waals surface area (Å²) in [6.45, 7) is 0.574. The molecule has 0 saturated heterocycles. The molecule has 3 atom stereocenters. The molecular formula is C26H30FNO5. The van der Waals surface area contributed by atoms with Crippen LogP contribution in [0.3, 0.4) is 0 Å². The summed E-state index contributed by atoms with van der Waals surface area (Å²) < 4.78 is 24.4. The monoisotopic (exact) mass is 455 g/mol. The zero-order chi connectivity index (χ0) is 23.5. The molecule has 3 N–H and O–H groups in total. The number of ether oxygens (including phenoxy) is 2. The second-order valence-electron chi connectivity index (χ2n) is 7.84. The lowest BCUT2D eigenvalue weighted by Gasteiger charge is -2.29. The summed E-state index contributed by atoms with van der Waals surface area (Å²) in [5.74, 6) is 0.904. The van der Waals surface area contributed by atoms with Crippen LogP contribution in [0.4, 0.5) is 4.39 Å². The number of nitrogens with zero attached hydrogens (tertiary/aromatic N) is 1. The van der Waals surface area contributed by atoms with Crippen LogP contribution in [0.25, 0.3) is 0 Å². The van der Waals surface area contributed by atoms with Gasteiger partial charge in [0.05, 0.1) is 6.10 Å². The first-order valence-corrected chi connectivity index (χ1v) is 10.9. The first kappa shape index (κ1) is 24.7. The molecule has 0 heterocycles. The minimum absolute atomic E-state index is 0.0593. The van der Waals surface area contributed by atoms with Gasteiger partial charge in [-0.2, -0.15) is 0 Å². The van der Waals surface area contributed by atoms with Gasteiger partial charge in [-0.05, 0) is 42.0 Å². The third-order valence-corrected chi connectivity index (χ3v) is 4.99. The lowest BCUT2D eigenvalue weighted by molar-refractivity contribution is 0.0120. The van der Waals surface area contributed by atoms with E-state index in [2.05, 4.69) is 0 Å². The number of aliphatic hydroxyl groups excluding tert-OH is 3. The van der Waals surface area contributed by atoms with Gasteiger partial charge >= 0.3 is 0 Å². The summed E-state index contributed by atoms with van der Waals surface area (Å²) in [7, 11) is 0. The van der Waals surface area contributed by atoms with Crippen molar-refractivity contribution in [3.05, 3.63) is 96.3 Å². The second kappa shape index (κ2) is 12.9. The number of aliphatic hydroxyl groups is 3. The topological polar surface area (TPSA) is 82.4 Å². The van der Waals surface area contributed by atoms with Gasteiger partial charge in [0.1, 0.15) is 42.7 Å². The van der Waals surface area contributed by atoms with Crippen molar-refractivity contribution in [1.82, 2.24) is 4.90 Å². The molecule has 0 bridgehead atoms. The Bertz CT molecular complexity index is 875. The van der Waals surface area contributed by atoms with Crippen LogP contribution in [0, 0.1) is 5.82 Å². The summed E-state index contributed by atoms with van der Waals surface area (Å²) in [5.41, 5.74) is 0.548. The van der Waals surface area contributed by atoms with Gasteiger partial charge in [-0.1, -0.05) is 48.5 Å². The highest BCUT2D eigenvalue weighted by molar-refractivity contribution is 5.22. The van der Waals surface area contributed by atoms with Gasteiger partial charge in [-0.25, -0.2) is 4.39 Å². The Morgan fingerprint density at radius 3 is 1.55 bits per heavy atom. The Kier molecular flexibility index (Phi) is 9.65. The fourth-order valence-electron chi connectivity index (χ4n) is 3.38. The summed E-state index contributed by atoms with van der Waals surface area (Å²) >= 11 is 0. The van der Waals surface area contributed by atoms with E-state index in [1.54, 1.807) is 29.2 Å². The van der Waals surface area contributed by atoms with Crippen molar-refractivity contribution in [3.63, 3.8) is 0 Å². The van der Waals surface area contributed by atoms with Gasteiger partial charge < -0.3 is 24.8 Å². The van der Waals surface area contributed by atoms with Crippen molar-refractivity contribution in [2.45, 2.75) is 18.3 Å². The quantitative estimate of drug-likeness (QED) is 0.368. The highest BCUT2D eigenvalue weighted by atomic mass is 19.1. The van der Waals surface area contributed by atoms with E-state index in [4.69, 9.17) is 9.47 Å². The van der Waals surface area contributed by atoms with Gasteiger partial charge in [-0.15, -0.1) is 0 Å². The van der Waals surface area contributed by atoms with Crippen molar-refractivity contribution < 1.29 is 29.2 Å². The number of halogens is 1. The number of benzene rings is 3. The molecule has 6 nitrogen and oxygen atoms in total. The number of para-hydroxylation sites is 2. The van der Waals surface area contributed by atoms with E-state index < -0.39 is 18.3 Å². The summed E-state index contributed by atoms with van der Waals surface area (Å²) in [6, 6.07) is 23.9. The predicted octanol–water partition coefficient (Wildman–Crippen LogP) is 3.04. The van der Waals surface area contributed by atoms with Crippen LogP contribution >= 0.6 is 0 Å².